The van der Waals surface area contributed by atoms with Crippen LogP contribution in [0.3, 0.4) is 0 Å². The number of carbonyl (C=O) groups is 1. The highest BCUT2D eigenvalue weighted by Gasteiger charge is 2.27. The molecule has 0 spiro atoms. The molecule has 0 saturated carbocycles. The van der Waals surface area contributed by atoms with E-state index < -0.39 is 0 Å². The number of hydrogen-bond acceptors (Lipinski definition) is 4. The van der Waals surface area contributed by atoms with Gasteiger partial charge < -0.3 is 10.5 Å². The molecule has 2 N–H and O–H groups in total. The van der Waals surface area contributed by atoms with Gasteiger partial charge in [-0.15, -0.1) is 0 Å². The lowest BCUT2D eigenvalue weighted by Crippen LogP contribution is -2.46. The second-order valence-electron chi connectivity index (χ2n) is 5.82. The van der Waals surface area contributed by atoms with Gasteiger partial charge in [0.05, 0.1) is 12.7 Å². The first kappa shape index (κ1) is 16.7. The molecule has 0 aliphatic heterocycles. The first-order valence-electron chi connectivity index (χ1n) is 7.00. The Labute approximate surface area is 121 Å². The number of nitrogens with two attached hydrogens (primary N) is 1. The average Bonchev–Trinajstić information content (AvgIpc) is 2.42. The molecule has 0 fully saturated rings. The molecular weight excluding hydrogens is 252 g/mol. The van der Waals surface area contributed by atoms with E-state index in [1.807, 2.05) is 12.1 Å². The highest BCUT2D eigenvalue weighted by atomic mass is 16.5. The zero-order valence-corrected chi connectivity index (χ0v) is 13.1. The molecule has 4 nitrogen and oxygen atoms in total. The van der Waals surface area contributed by atoms with Crippen molar-refractivity contribution in [3.05, 3.63) is 35.4 Å². The minimum absolute atomic E-state index is 0.0415. The number of carbonyl (C=O) groups excluding carboxylic acids is 1. The lowest BCUT2D eigenvalue weighted by molar-refractivity contribution is 0.0600. The van der Waals surface area contributed by atoms with E-state index in [0.29, 0.717) is 12.1 Å². The molecule has 4 heteroatoms. The van der Waals surface area contributed by atoms with Gasteiger partial charge in [-0.3, -0.25) is 4.90 Å². The van der Waals surface area contributed by atoms with Gasteiger partial charge in [0.25, 0.3) is 0 Å². The van der Waals surface area contributed by atoms with E-state index in [2.05, 4.69) is 32.6 Å². The topological polar surface area (TPSA) is 55.6 Å². The van der Waals surface area contributed by atoms with Crippen molar-refractivity contribution in [3.63, 3.8) is 0 Å². The number of hydrogen-bond donors (Lipinski definition) is 1. The smallest absolute Gasteiger partial charge is 0.337 e. The molecule has 0 aliphatic rings. The van der Waals surface area contributed by atoms with Gasteiger partial charge in [-0.05, 0) is 45.0 Å². The molecular formula is C16H26N2O2. The number of methoxy groups -OCH3 is 1. The molecule has 1 aromatic carbocycles. The summed E-state index contributed by atoms with van der Waals surface area (Å²) in [5.41, 5.74) is 7.69. The predicted octanol–water partition coefficient (Wildman–Crippen LogP) is 2.59. The Morgan fingerprint density at radius 3 is 2.20 bits per heavy atom. The summed E-state index contributed by atoms with van der Waals surface area (Å²) in [4.78, 5) is 13.8. The summed E-state index contributed by atoms with van der Waals surface area (Å²) in [7, 11) is 1.39. The van der Waals surface area contributed by atoms with Gasteiger partial charge in [0.2, 0.25) is 0 Å². The zero-order chi connectivity index (χ0) is 15.3. The molecule has 0 saturated heterocycles. The Bertz CT molecular complexity index is 435. The summed E-state index contributed by atoms with van der Waals surface area (Å²) in [6.07, 6.45) is 0. The zero-order valence-electron chi connectivity index (χ0n) is 13.1. The van der Waals surface area contributed by atoms with Crippen molar-refractivity contribution in [3.8, 4) is 0 Å². The summed E-state index contributed by atoms with van der Waals surface area (Å²) >= 11 is 0. The van der Waals surface area contributed by atoms with Crippen LogP contribution in [0.25, 0.3) is 0 Å². The van der Waals surface area contributed by atoms with Crippen molar-refractivity contribution < 1.29 is 9.53 Å². The minimum Gasteiger partial charge on any atom is -0.465 e. The highest BCUT2D eigenvalue weighted by molar-refractivity contribution is 5.89. The van der Waals surface area contributed by atoms with E-state index >= 15 is 0 Å². The molecule has 20 heavy (non-hydrogen) atoms. The molecule has 0 bridgehead atoms. The van der Waals surface area contributed by atoms with Gasteiger partial charge in [0, 0.05) is 18.1 Å². The predicted molar refractivity (Wildman–Crippen MR) is 81.7 cm³/mol. The van der Waals surface area contributed by atoms with Crippen LogP contribution in [-0.2, 0) is 4.74 Å². The third-order valence-corrected chi connectivity index (χ3v) is 3.52. The summed E-state index contributed by atoms with van der Waals surface area (Å²) in [5, 5.41) is 0. The minimum atomic E-state index is -0.316. The number of likely N-dealkylation sites (N-methyl/N-ethyl adjacent to an activating group) is 1. The van der Waals surface area contributed by atoms with E-state index in [0.717, 1.165) is 12.1 Å². The first-order chi connectivity index (χ1) is 9.35. The molecule has 112 valence electrons. The quantitative estimate of drug-likeness (QED) is 0.841. The number of esters is 1. The Morgan fingerprint density at radius 1 is 1.30 bits per heavy atom. The van der Waals surface area contributed by atoms with Crippen LogP contribution in [0.4, 0.5) is 0 Å². The molecule has 1 aromatic rings. The fourth-order valence-corrected chi connectivity index (χ4v) is 2.56. The molecule has 1 unspecified atom stereocenters. The molecule has 1 rings (SSSR count). The van der Waals surface area contributed by atoms with Crippen LogP contribution in [0.15, 0.2) is 24.3 Å². The van der Waals surface area contributed by atoms with Crippen LogP contribution in [-0.4, -0.2) is 36.6 Å². The summed E-state index contributed by atoms with van der Waals surface area (Å²) in [5.74, 6) is -0.316. The number of benzene rings is 1. The van der Waals surface area contributed by atoms with Crippen LogP contribution >= 0.6 is 0 Å². The fraction of sp³-hybridized carbons (Fsp3) is 0.562. The van der Waals surface area contributed by atoms with Crippen molar-refractivity contribution >= 4 is 5.97 Å². The maximum atomic E-state index is 11.5. The van der Waals surface area contributed by atoms with Crippen LogP contribution in [0.5, 0.6) is 0 Å². The van der Waals surface area contributed by atoms with E-state index in [4.69, 9.17) is 10.5 Å². The second-order valence-corrected chi connectivity index (χ2v) is 5.82. The van der Waals surface area contributed by atoms with Gasteiger partial charge in [-0.25, -0.2) is 4.79 Å². The van der Waals surface area contributed by atoms with E-state index in [9.17, 15) is 4.79 Å². The summed E-state index contributed by atoms with van der Waals surface area (Å²) in [6, 6.07) is 7.64. The molecule has 0 aromatic heterocycles. The lowest BCUT2D eigenvalue weighted by atomic mass is 9.97. The third kappa shape index (κ3) is 3.81. The normalized spacial score (nSPS) is 13.3. The van der Waals surface area contributed by atoms with Crippen molar-refractivity contribution in [2.75, 3.05) is 20.2 Å². The average molecular weight is 278 g/mol. The molecule has 0 aliphatic carbocycles. The lowest BCUT2D eigenvalue weighted by Gasteiger charge is -2.41. The molecule has 1 atom stereocenters. The first-order valence-corrected chi connectivity index (χ1v) is 7.00. The Balaban J connectivity index is 3.04. The SMILES string of the molecule is CCN(C(CN)c1ccc(C(=O)OC)cc1)C(C)(C)C. The second kappa shape index (κ2) is 6.86. The maximum absolute atomic E-state index is 11.5. The number of ether oxygens (including phenoxy) is 1. The number of rotatable bonds is 5. The van der Waals surface area contributed by atoms with Gasteiger partial charge >= 0.3 is 5.97 Å². The van der Waals surface area contributed by atoms with Gasteiger partial charge in [-0.2, -0.15) is 0 Å². The van der Waals surface area contributed by atoms with E-state index in [-0.39, 0.29) is 17.6 Å². The number of nitrogens with zero attached hydrogens (tertiary/aromatic N) is 1. The van der Waals surface area contributed by atoms with Gasteiger partial charge in [0.15, 0.2) is 0 Å². The monoisotopic (exact) mass is 278 g/mol. The van der Waals surface area contributed by atoms with Crippen molar-refractivity contribution in [2.24, 2.45) is 5.73 Å². The van der Waals surface area contributed by atoms with Crippen LogP contribution in [0, 0.1) is 0 Å². The molecule has 0 amide bonds. The van der Waals surface area contributed by atoms with Crippen molar-refractivity contribution in [2.45, 2.75) is 39.3 Å². The Kier molecular flexibility index (Phi) is 5.72. The molecule has 0 radical (unpaired) electrons. The largest absolute Gasteiger partial charge is 0.465 e. The van der Waals surface area contributed by atoms with Crippen molar-refractivity contribution in [1.29, 1.82) is 0 Å². The van der Waals surface area contributed by atoms with Crippen LogP contribution < -0.4 is 5.73 Å². The maximum Gasteiger partial charge on any atom is 0.337 e. The molecule has 0 heterocycles. The Hall–Kier alpha value is -1.39. The van der Waals surface area contributed by atoms with Crippen LogP contribution in [0.1, 0.15) is 49.7 Å². The van der Waals surface area contributed by atoms with Gasteiger partial charge in [0.1, 0.15) is 0 Å². The van der Waals surface area contributed by atoms with Crippen LogP contribution in [0.2, 0.25) is 0 Å². The van der Waals surface area contributed by atoms with Crippen molar-refractivity contribution in [1.82, 2.24) is 4.90 Å². The highest BCUT2D eigenvalue weighted by Crippen LogP contribution is 2.27. The standard InChI is InChI=1S/C16H26N2O2/c1-6-18(16(2,3)4)14(11-17)12-7-9-13(10-8-12)15(19)20-5/h7-10,14H,6,11,17H2,1-5H3. The fourth-order valence-electron chi connectivity index (χ4n) is 2.56. The van der Waals surface area contributed by atoms with E-state index in [1.165, 1.54) is 7.11 Å². The summed E-state index contributed by atoms with van der Waals surface area (Å²) < 4.78 is 4.71. The Morgan fingerprint density at radius 2 is 1.85 bits per heavy atom. The van der Waals surface area contributed by atoms with E-state index in [1.54, 1.807) is 12.1 Å². The summed E-state index contributed by atoms with van der Waals surface area (Å²) in [6.45, 7) is 10.1. The third-order valence-electron chi connectivity index (χ3n) is 3.52. The van der Waals surface area contributed by atoms with Gasteiger partial charge in [-0.1, -0.05) is 19.1 Å².